The minimum Gasteiger partial charge on any atom is -0.496 e. The van der Waals surface area contributed by atoms with Gasteiger partial charge in [-0.2, -0.15) is 15.0 Å². The second kappa shape index (κ2) is 7.85. The van der Waals surface area contributed by atoms with E-state index in [4.69, 9.17) is 10.5 Å². The van der Waals surface area contributed by atoms with Crippen LogP contribution in [0.3, 0.4) is 0 Å². The molecular formula is C18H19N5OS. The summed E-state index contributed by atoms with van der Waals surface area (Å²) in [6, 6.07) is 17.6. The molecule has 0 fully saturated rings. The highest BCUT2D eigenvalue weighted by Gasteiger charge is 2.16. The summed E-state index contributed by atoms with van der Waals surface area (Å²) in [6.07, 6.45) is 0. The van der Waals surface area contributed by atoms with Gasteiger partial charge >= 0.3 is 0 Å². The number of hydrogen-bond acceptors (Lipinski definition) is 7. The Bertz CT molecular complexity index is 844. The number of aromatic nitrogens is 3. The molecule has 0 spiro atoms. The van der Waals surface area contributed by atoms with Crippen molar-refractivity contribution in [2.45, 2.75) is 17.1 Å². The molecule has 6 nitrogen and oxygen atoms in total. The molecule has 0 saturated heterocycles. The Labute approximate surface area is 150 Å². The number of thioether (sulfide) groups is 1. The molecule has 0 aliphatic rings. The van der Waals surface area contributed by atoms with E-state index < -0.39 is 0 Å². The molecule has 3 N–H and O–H groups in total. The first-order valence-corrected chi connectivity index (χ1v) is 8.67. The summed E-state index contributed by atoms with van der Waals surface area (Å²) in [4.78, 5) is 14.0. The average Bonchev–Trinajstić information content (AvgIpc) is 2.62. The number of hydrogen-bond donors (Lipinski definition) is 2. The average molecular weight is 353 g/mol. The number of para-hydroxylation sites is 2. The van der Waals surface area contributed by atoms with Crippen LogP contribution in [0.25, 0.3) is 0 Å². The predicted molar refractivity (Wildman–Crippen MR) is 101 cm³/mol. The highest BCUT2D eigenvalue weighted by atomic mass is 32.2. The van der Waals surface area contributed by atoms with E-state index in [1.165, 1.54) is 0 Å². The summed E-state index contributed by atoms with van der Waals surface area (Å²) < 4.78 is 5.40. The number of nitrogens with two attached hydrogens (primary N) is 1. The largest absolute Gasteiger partial charge is 0.496 e. The van der Waals surface area contributed by atoms with E-state index in [1.807, 2.05) is 61.5 Å². The van der Waals surface area contributed by atoms with Gasteiger partial charge in [0.05, 0.1) is 17.3 Å². The Morgan fingerprint density at radius 2 is 1.72 bits per heavy atom. The summed E-state index contributed by atoms with van der Waals surface area (Å²) in [7, 11) is 1.66. The van der Waals surface area contributed by atoms with Gasteiger partial charge in [0.15, 0.2) is 0 Å². The molecular weight excluding hydrogens is 334 g/mol. The van der Waals surface area contributed by atoms with Gasteiger partial charge in [-0.3, -0.25) is 0 Å². The summed E-state index contributed by atoms with van der Waals surface area (Å²) in [6.45, 7) is 2.03. The van der Waals surface area contributed by atoms with Gasteiger partial charge in [-0.1, -0.05) is 30.3 Å². The zero-order chi connectivity index (χ0) is 17.6. The van der Waals surface area contributed by atoms with Crippen LogP contribution in [0.15, 0.2) is 59.5 Å². The molecule has 0 aliphatic heterocycles. The third-order valence-electron chi connectivity index (χ3n) is 3.44. The first kappa shape index (κ1) is 17.0. The van der Waals surface area contributed by atoms with Gasteiger partial charge in [0, 0.05) is 5.69 Å². The van der Waals surface area contributed by atoms with Crippen LogP contribution in [-0.2, 0) is 0 Å². The molecule has 3 aromatic rings. The Morgan fingerprint density at radius 1 is 1.00 bits per heavy atom. The van der Waals surface area contributed by atoms with Gasteiger partial charge < -0.3 is 15.8 Å². The molecule has 128 valence electrons. The number of anilines is 3. The van der Waals surface area contributed by atoms with Crippen molar-refractivity contribution in [2.24, 2.45) is 0 Å². The van der Waals surface area contributed by atoms with Crippen molar-refractivity contribution in [2.75, 3.05) is 18.2 Å². The normalized spacial score (nSPS) is 11.8. The molecule has 0 bridgehead atoms. The summed E-state index contributed by atoms with van der Waals surface area (Å²) >= 11 is 1.61. The first-order valence-electron chi connectivity index (χ1n) is 7.79. The molecule has 0 saturated carbocycles. The number of rotatable bonds is 6. The summed E-state index contributed by atoms with van der Waals surface area (Å²) in [5.74, 6) is 2.06. The fourth-order valence-corrected chi connectivity index (χ4v) is 3.27. The van der Waals surface area contributed by atoms with Gasteiger partial charge in [0.1, 0.15) is 11.6 Å². The zero-order valence-electron chi connectivity index (χ0n) is 14.0. The Hall–Kier alpha value is -2.80. The molecule has 2 aromatic carbocycles. The Balaban J connectivity index is 1.81. The predicted octanol–water partition coefficient (Wildman–Crippen LogP) is 4.06. The monoisotopic (exact) mass is 353 g/mol. The van der Waals surface area contributed by atoms with Crippen LogP contribution in [0.2, 0.25) is 0 Å². The minimum absolute atomic E-state index is 0.0158. The number of benzene rings is 2. The lowest BCUT2D eigenvalue weighted by atomic mass is 10.3. The zero-order valence-corrected chi connectivity index (χ0v) is 14.8. The molecule has 3 rings (SSSR count). The standard InChI is InChI=1S/C18H19N5OS/c1-12(25-15-11-7-6-10-14(15)24-2)16-21-17(19)23-18(22-16)20-13-8-4-3-5-9-13/h3-12H,1-2H3,(H3,19,20,21,22,23). The van der Waals surface area contributed by atoms with Gasteiger partial charge in [-0.25, -0.2) is 0 Å². The van der Waals surface area contributed by atoms with Crippen molar-refractivity contribution in [3.8, 4) is 5.75 Å². The fourth-order valence-electron chi connectivity index (χ4n) is 2.26. The van der Waals surface area contributed by atoms with Crippen molar-refractivity contribution < 1.29 is 4.74 Å². The van der Waals surface area contributed by atoms with Crippen molar-refractivity contribution >= 4 is 29.3 Å². The number of ether oxygens (including phenoxy) is 1. The van der Waals surface area contributed by atoms with E-state index in [1.54, 1.807) is 18.9 Å². The molecule has 7 heteroatoms. The van der Waals surface area contributed by atoms with Crippen LogP contribution < -0.4 is 15.8 Å². The van der Waals surface area contributed by atoms with Crippen LogP contribution in [0.1, 0.15) is 18.0 Å². The van der Waals surface area contributed by atoms with Crippen molar-refractivity contribution in [3.05, 3.63) is 60.4 Å². The minimum atomic E-state index is -0.0158. The van der Waals surface area contributed by atoms with Crippen LogP contribution in [-0.4, -0.2) is 22.1 Å². The molecule has 0 amide bonds. The molecule has 0 aliphatic carbocycles. The van der Waals surface area contributed by atoms with Crippen molar-refractivity contribution in [3.63, 3.8) is 0 Å². The smallest absolute Gasteiger partial charge is 0.232 e. The number of nitrogens with one attached hydrogen (secondary N) is 1. The first-order chi connectivity index (χ1) is 12.2. The second-order valence-corrected chi connectivity index (χ2v) is 6.66. The highest BCUT2D eigenvalue weighted by molar-refractivity contribution is 7.99. The maximum absolute atomic E-state index is 5.86. The lowest BCUT2D eigenvalue weighted by Crippen LogP contribution is -2.08. The van der Waals surface area contributed by atoms with E-state index in [9.17, 15) is 0 Å². The fraction of sp³-hybridized carbons (Fsp3) is 0.167. The molecule has 1 heterocycles. The highest BCUT2D eigenvalue weighted by Crippen LogP contribution is 2.38. The maximum Gasteiger partial charge on any atom is 0.232 e. The second-order valence-electron chi connectivity index (χ2n) is 5.28. The lowest BCUT2D eigenvalue weighted by Gasteiger charge is -2.14. The van der Waals surface area contributed by atoms with Crippen LogP contribution >= 0.6 is 11.8 Å². The molecule has 1 aromatic heterocycles. The third-order valence-corrected chi connectivity index (χ3v) is 4.59. The number of nitrogens with zero attached hydrogens (tertiary/aromatic N) is 3. The molecule has 0 radical (unpaired) electrons. The molecule has 1 unspecified atom stereocenters. The van der Waals surface area contributed by atoms with E-state index in [0.29, 0.717) is 11.8 Å². The van der Waals surface area contributed by atoms with Gasteiger partial charge in [0.2, 0.25) is 11.9 Å². The summed E-state index contributed by atoms with van der Waals surface area (Å²) in [5.41, 5.74) is 6.76. The number of methoxy groups -OCH3 is 1. The maximum atomic E-state index is 5.86. The van der Waals surface area contributed by atoms with Gasteiger partial charge in [-0.15, -0.1) is 11.8 Å². The third kappa shape index (κ3) is 4.39. The lowest BCUT2D eigenvalue weighted by molar-refractivity contribution is 0.404. The van der Waals surface area contributed by atoms with E-state index >= 15 is 0 Å². The molecule has 1 atom stereocenters. The van der Waals surface area contributed by atoms with Crippen molar-refractivity contribution in [1.82, 2.24) is 15.0 Å². The van der Waals surface area contributed by atoms with Gasteiger partial charge in [-0.05, 0) is 31.2 Å². The van der Waals surface area contributed by atoms with E-state index in [-0.39, 0.29) is 11.2 Å². The molecule has 25 heavy (non-hydrogen) atoms. The van der Waals surface area contributed by atoms with E-state index in [0.717, 1.165) is 16.3 Å². The Kier molecular flexibility index (Phi) is 5.35. The topological polar surface area (TPSA) is 86.0 Å². The quantitative estimate of drug-likeness (QED) is 0.646. The van der Waals surface area contributed by atoms with E-state index in [2.05, 4.69) is 20.3 Å². The van der Waals surface area contributed by atoms with Crippen LogP contribution in [0.4, 0.5) is 17.6 Å². The van der Waals surface area contributed by atoms with Gasteiger partial charge in [0.25, 0.3) is 0 Å². The van der Waals surface area contributed by atoms with Crippen molar-refractivity contribution in [1.29, 1.82) is 0 Å². The van der Waals surface area contributed by atoms with Crippen LogP contribution in [0, 0.1) is 0 Å². The summed E-state index contributed by atoms with van der Waals surface area (Å²) in [5, 5.41) is 3.13. The number of nitrogen functional groups attached to an aromatic ring is 1. The Morgan fingerprint density at radius 3 is 2.48 bits per heavy atom. The van der Waals surface area contributed by atoms with Crippen LogP contribution in [0.5, 0.6) is 5.75 Å². The SMILES string of the molecule is COc1ccccc1SC(C)c1nc(N)nc(Nc2ccccc2)n1.